The minimum absolute atomic E-state index is 0.261. The maximum Gasteiger partial charge on any atom is 0.0537 e. The van der Waals surface area contributed by atoms with Crippen LogP contribution in [0.15, 0.2) is 200 Å². The summed E-state index contributed by atoms with van der Waals surface area (Å²) in [5, 5.41) is 1.29. The largest absolute Gasteiger partial charge is 0.310 e. The van der Waals surface area contributed by atoms with E-state index in [9.17, 15) is 0 Å². The summed E-state index contributed by atoms with van der Waals surface area (Å²) in [6.45, 7) is 11.5. The van der Waals surface area contributed by atoms with Crippen molar-refractivity contribution in [1.82, 2.24) is 4.57 Å². The summed E-state index contributed by atoms with van der Waals surface area (Å²) in [5.41, 5.74) is 20.7. The molecule has 1 aliphatic carbocycles. The van der Waals surface area contributed by atoms with Gasteiger partial charge in [0.05, 0.1) is 11.2 Å². The molecule has 2 nitrogen and oxygen atoms in total. The molecule has 0 radical (unpaired) electrons. The molecule has 9 aromatic rings. The molecule has 2 heteroatoms. The lowest BCUT2D eigenvalue weighted by molar-refractivity contribution is 0.661. The average Bonchev–Trinajstić information content (AvgIpc) is 3.73. The van der Waals surface area contributed by atoms with Crippen molar-refractivity contribution in [2.24, 2.45) is 5.92 Å². The van der Waals surface area contributed by atoms with Crippen molar-refractivity contribution < 1.29 is 0 Å². The Balaban J connectivity index is 1.14. The fourth-order valence-corrected chi connectivity index (χ4v) is 9.58. The SMILES string of the molecule is Cc1c(/C=C\C(C)C)n(-c2ccc(-c3ccc(N(c4ccc(-c5ccccc5)cc4)c4ccc(-c5ccccc5)cc4)c4c3-c3ccccc3C4(C)C)cc2)c2ccccc12. The van der Waals surface area contributed by atoms with Crippen LogP contribution in [0.2, 0.25) is 0 Å². The molecule has 0 fully saturated rings. The molecule has 1 aromatic heterocycles. The van der Waals surface area contributed by atoms with E-state index >= 15 is 0 Å². The number of aryl methyl sites for hydroxylation is 1. The number of aromatic nitrogens is 1. The van der Waals surface area contributed by atoms with Crippen LogP contribution in [-0.4, -0.2) is 4.57 Å². The lowest BCUT2D eigenvalue weighted by Crippen LogP contribution is -2.20. The van der Waals surface area contributed by atoms with Gasteiger partial charge in [-0.15, -0.1) is 0 Å². The van der Waals surface area contributed by atoms with Crippen LogP contribution in [-0.2, 0) is 5.41 Å². The van der Waals surface area contributed by atoms with Crippen molar-refractivity contribution in [1.29, 1.82) is 0 Å². The van der Waals surface area contributed by atoms with E-state index in [0.717, 1.165) is 17.1 Å². The normalized spacial score (nSPS) is 12.9. The number of hydrogen-bond donors (Lipinski definition) is 0. The van der Waals surface area contributed by atoms with Crippen molar-refractivity contribution in [3.8, 4) is 50.2 Å². The van der Waals surface area contributed by atoms with Crippen LogP contribution in [0.1, 0.15) is 50.1 Å². The second kappa shape index (κ2) is 15.5. The lowest BCUT2D eigenvalue weighted by atomic mass is 9.80. The first-order valence-electron chi connectivity index (χ1n) is 21.6. The Hall–Kier alpha value is -7.16. The van der Waals surface area contributed by atoms with Gasteiger partial charge < -0.3 is 9.47 Å². The number of nitrogens with zero attached hydrogens (tertiary/aromatic N) is 2. The van der Waals surface area contributed by atoms with Gasteiger partial charge in [-0.05, 0) is 129 Å². The third-order valence-corrected chi connectivity index (χ3v) is 12.6. The number of rotatable bonds is 9. The summed E-state index contributed by atoms with van der Waals surface area (Å²) in [4.78, 5) is 2.47. The Morgan fingerprint density at radius 3 is 1.64 bits per heavy atom. The Labute approximate surface area is 360 Å². The molecule has 0 unspecified atom stereocenters. The van der Waals surface area contributed by atoms with Crippen LogP contribution >= 0.6 is 0 Å². The monoisotopic (exact) mass is 786 g/mol. The fraction of sp³-hybridized carbons (Fsp3) is 0.119. The number of benzene rings is 8. The van der Waals surface area contributed by atoms with E-state index < -0.39 is 0 Å². The maximum absolute atomic E-state index is 2.47. The van der Waals surface area contributed by atoms with Crippen molar-refractivity contribution in [3.63, 3.8) is 0 Å². The number of hydrogen-bond acceptors (Lipinski definition) is 1. The first kappa shape index (κ1) is 38.1. The summed E-state index contributed by atoms with van der Waals surface area (Å²) in [6, 6.07) is 71.2. The molecule has 0 aliphatic heterocycles. The molecule has 0 bridgehead atoms. The molecule has 0 atom stereocenters. The van der Waals surface area contributed by atoms with Gasteiger partial charge >= 0.3 is 0 Å². The van der Waals surface area contributed by atoms with Crippen LogP contribution in [0.4, 0.5) is 17.1 Å². The van der Waals surface area contributed by atoms with Crippen molar-refractivity contribution >= 4 is 34.0 Å². The van der Waals surface area contributed by atoms with Crippen LogP contribution in [0, 0.1) is 12.8 Å². The van der Waals surface area contributed by atoms with Gasteiger partial charge in [0.2, 0.25) is 0 Å². The Morgan fingerprint density at radius 2 is 1.03 bits per heavy atom. The number of para-hydroxylation sites is 1. The number of anilines is 3. The van der Waals surface area contributed by atoms with E-state index in [1.54, 1.807) is 0 Å². The highest BCUT2D eigenvalue weighted by atomic mass is 15.1. The molecular weight excluding hydrogens is 737 g/mol. The Bertz CT molecular complexity index is 2960. The molecule has 296 valence electrons. The molecule has 10 rings (SSSR count). The fourth-order valence-electron chi connectivity index (χ4n) is 9.58. The van der Waals surface area contributed by atoms with E-state index in [-0.39, 0.29) is 5.41 Å². The van der Waals surface area contributed by atoms with E-state index in [0.29, 0.717) is 5.92 Å². The molecule has 0 amide bonds. The topological polar surface area (TPSA) is 8.17 Å². The predicted octanol–water partition coefficient (Wildman–Crippen LogP) is 16.4. The quantitative estimate of drug-likeness (QED) is 0.141. The molecule has 1 heterocycles. The first-order chi connectivity index (χ1) is 29.8. The van der Waals surface area contributed by atoms with Gasteiger partial charge in [0.1, 0.15) is 0 Å². The predicted molar refractivity (Wildman–Crippen MR) is 260 cm³/mol. The second-order valence-electron chi connectivity index (χ2n) is 17.2. The van der Waals surface area contributed by atoms with Crippen LogP contribution < -0.4 is 4.90 Å². The molecule has 0 N–H and O–H groups in total. The lowest BCUT2D eigenvalue weighted by Gasteiger charge is -2.33. The van der Waals surface area contributed by atoms with Gasteiger partial charge in [-0.25, -0.2) is 0 Å². The third-order valence-electron chi connectivity index (χ3n) is 12.6. The van der Waals surface area contributed by atoms with Crippen molar-refractivity contribution in [3.05, 3.63) is 223 Å². The number of fused-ring (bicyclic) bond motifs is 4. The van der Waals surface area contributed by atoms with E-state index in [1.165, 1.54) is 83.5 Å². The summed E-state index contributed by atoms with van der Waals surface area (Å²) >= 11 is 0. The highest BCUT2D eigenvalue weighted by Crippen LogP contribution is 2.57. The van der Waals surface area contributed by atoms with Gasteiger partial charge in [0, 0.05) is 33.6 Å². The maximum atomic E-state index is 2.47. The summed E-state index contributed by atoms with van der Waals surface area (Å²) < 4.78 is 2.42. The average molecular weight is 787 g/mol. The van der Waals surface area contributed by atoms with Crippen molar-refractivity contribution in [2.45, 2.75) is 40.0 Å². The van der Waals surface area contributed by atoms with E-state index in [4.69, 9.17) is 0 Å². The molecule has 8 aromatic carbocycles. The molecule has 0 spiro atoms. The summed E-state index contributed by atoms with van der Waals surface area (Å²) in [7, 11) is 0. The van der Waals surface area contributed by atoms with Gasteiger partial charge in [-0.1, -0.05) is 179 Å². The molecule has 61 heavy (non-hydrogen) atoms. The zero-order chi connectivity index (χ0) is 41.7. The minimum atomic E-state index is -0.261. The minimum Gasteiger partial charge on any atom is -0.310 e. The molecule has 0 saturated heterocycles. The standard InChI is InChI=1S/C59H50N2/c1-40(2)24-38-54-41(3)50-20-13-15-23-55(50)61(54)49-35-29-46(30-36-49)51-37-39-56(58-57(51)52-21-12-14-22-53(52)59(58,4)5)60(47-31-25-44(26-32-47)42-16-8-6-9-17-42)48-33-27-45(28-34-48)43-18-10-7-11-19-43/h6-40H,1-5H3/b38-24-. The van der Waals surface area contributed by atoms with E-state index in [1.807, 2.05) is 0 Å². The number of allylic oxidation sites excluding steroid dienone is 1. The third kappa shape index (κ3) is 6.69. The van der Waals surface area contributed by atoms with Gasteiger partial charge in [0.25, 0.3) is 0 Å². The molecule has 0 saturated carbocycles. The highest BCUT2D eigenvalue weighted by Gasteiger charge is 2.40. The summed E-state index contributed by atoms with van der Waals surface area (Å²) in [6.07, 6.45) is 4.60. The van der Waals surface area contributed by atoms with E-state index in [2.05, 4.69) is 250 Å². The Morgan fingerprint density at radius 1 is 0.508 bits per heavy atom. The zero-order valence-electron chi connectivity index (χ0n) is 35.6. The van der Waals surface area contributed by atoms with Gasteiger partial charge in [-0.2, -0.15) is 0 Å². The zero-order valence-corrected chi connectivity index (χ0v) is 35.6. The highest BCUT2D eigenvalue weighted by molar-refractivity contribution is 5.99. The Kier molecular flexibility index (Phi) is 9.65. The van der Waals surface area contributed by atoms with Gasteiger partial charge in [-0.3, -0.25) is 0 Å². The first-order valence-corrected chi connectivity index (χ1v) is 21.6. The van der Waals surface area contributed by atoms with Crippen LogP contribution in [0.25, 0.3) is 67.2 Å². The molecule has 1 aliphatic rings. The molecular formula is C59H50N2. The second-order valence-corrected chi connectivity index (χ2v) is 17.2. The van der Waals surface area contributed by atoms with Crippen LogP contribution in [0.3, 0.4) is 0 Å². The smallest absolute Gasteiger partial charge is 0.0537 e. The van der Waals surface area contributed by atoms with Crippen LogP contribution in [0.5, 0.6) is 0 Å². The van der Waals surface area contributed by atoms with Gasteiger partial charge in [0.15, 0.2) is 0 Å². The summed E-state index contributed by atoms with van der Waals surface area (Å²) in [5.74, 6) is 0.462. The van der Waals surface area contributed by atoms with Crippen molar-refractivity contribution in [2.75, 3.05) is 4.90 Å².